The van der Waals surface area contributed by atoms with E-state index in [4.69, 9.17) is 16.0 Å². The number of aryl methyl sites for hydroxylation is 1. The van der Waals surface area contributed by atoms with Crippen LogP contribution in [0.25, 0.3) is 11.1 Å². The van der Waals surface area contributed by atoms with E-state index in [9.17, 15) is 4.39 Å². The lowest BCUT2D eigenvalue weighted by molar-refractivity contribution is 0.561. The highest BCUT2D eigenvalue weighted by atomic mass is 35.5. The van der Waals surface area contributed by atoms with Crippen LogP contribution >= 0.6 is 11.6 Å². The Morgan fingerprint density at radius 3 is 3.00 bits per heavy atom. The van der Waals surface area contributed by atoms with Gasteiger partial charge in [-0.1, -0.05) is 23.7 Å². The van der Waals surface area contributed by atoms with E-state index in [-0.39, 0.29) is 10.8 Å². The van der Waals surface area contributed by atoms with Crippen LogP contribution in [0, 0.1) is 12.7 Å². The maximum Gasteiger partial charge on any atom is 0.192 e. The van der Waals surface area contributed by atoms with E-state index in [1.165, 1.54) is 6.07 Å². The summed E-state index contributed by atoms with van der Waals surface area (Å²) in [7, 11) is 0. The average molecular weight is 291 g/mol. The van der Waals surface area contributed by atoms with Gasteiger partial charge in [-0.2, -0.15) is 0 Å². The molecule has 1 N–H and O–H groups in total. The molecular formula is C15H12ClFN2O. The van der Waals surface area contributed by atoms with Crippen molar-refractivity contribution in [3.05, 3.63) is 58.7 Å². The Kier molecular flexibility index (Phi) is 3.32. The zero-order valence-corrected chi connectivity index (χ0v) is 11.5. The third kappa shape index (κ3) is 2.47. The molecule has 0 radical (unpaired) electrons. The van der Waals surface area contributed by atoms with Crippen LogP contribution < -0.4 is 5.32 Å². The second-order valence-electron chi connectivity index (χ2n) is 4.48. The van der Waals surface area contributed by atoms with Crippen LogP contribution in [0.5, 0.6) is 0 Å². The standard InChI is InChI=1S/C15H12ClFN2O/c1-9-19-13-7-11(5-6-14(13)20-9)18-8-10-3-2-4-12(16)15(10)17/h2-7,18H,8H2,1H3. The lowest BCUT2D eigenvalue weighted by atomic mass is 10.2. The number of hydrogen-bond acceptors (Lipinski definition) is 3. The molecule has 0 spiro atoms. The van der Waals surface area contributed by atoms with Crippen molar-refractivity contribution in [1.82, 2.24) is 4.98 Å². The topological polar surface area (TPSA) is 38.1 Å². The molecule has 20 heavy (non-hydrogen) atoms. The van der Waals surface area contributed by atoms with Crippen LogP contribution in [0.15, 0.2) is 40.8 Å². The molecule has 0 amide bonds. The van der Waals surface area contributed by atoms with Crippen LogP contribution in [0.4, 0.5) is 10.1 Å². The number of fused-ring (bicyclic) bond motifs is 1. The van der Waals surface area contributed by atoms with Crippen LogP contribution in [0.1, 0.15) is 11.5 Å². The summed E-state index contributed by atoms with van der Waals surface area (Å²) in [6.07, 6.45) is 0. The van der Waals surface area contributed by atoms with Crippen molar-refractivity contribution in [3.63, 3.8) is 0 Å². The Hall–Kier alpha value is -2.07. The molecule has 0 bridgehead atoms. The normalized spacial score (nSPS) is 10.9. The van der Waals surface area contributed by atoms with E-state index >= 15 is 0 Å². The first-order valence-electron chi connectivity index (χ1n) is 6.17. The van der Waals surface area contributed by atoms with E-state index in [1.807, 2.05) is 18.2 Å². The summed E-state index contributed by atoms with van der Waals surface area (Å²) in [6.45, 7) is 2.16. The fraction of sp³-hybridized carbons (Fsp3) is 0.133. The Morgan fingerprint density at radius 2 is 2.15 bits per heavy atom. The number of benzene rings is 2. The van der Waals surface area contributed by atoms with Gasteiger partial charge in [-0.05, 0) is 24.3 Å². The number of oxazole rings is 1. The predicted octanol–water partition coefficient (Wildman–Crippen LogP) is 4.54. The lowest BCUT2D eigenvalue weighted by Gasteiger charge is -2.08. The van der Waals surface area contributed by atoms with Crippen LogP contribution in [0.3, 0.4) is 0 Å². The van der Waals surface area contributed by atoms with Gasteiger partial charge in [0.15, 0.2) is 11.5 Å². The second kappa shape index (κ2) is 5.13. The predicted molar refractivity (Wildman–Crippen MR) is 77.5 cm³/mol. The van der Waals surface area contributed by atoms with E-state index in [0.29, 0.717) is 18.0 Å². The third-order valence-corrected chi connectivity index (χ3v) is 3.30. The largest absolute Gasteiger partial charge is 0.441 e. The molecule has 0 saturated heterocycles. The van der Waals surface area contributed by atoms with Crippen molar-refractivity contribution in [2.45, 2.75) is 13.5 Å². The minimum atomic E-state index is -0.389. The number of aromatic nitrogens is 1. The molecule has 2 aromatic carbocycles. The van der Waals surface area contributed by atoms with Gasteiger partial charge in [0, 0.05) is 24.7 Å². The van der Waals surface area contributed by atoms with Crippen molar-refractivity contribution < 1.29 is 8.81 Å². The Balaban J connectivity index is 1.81. The van der Waals surface area contributed by atoms with E-state index in [1.54, 1.807) is 19.1 Å². The molecule has 0 aliphatic heterocycles. The van der Waals surface area contributed by atoms with Gasteiger partial charge in [0.2, 0.25) is 0 Å². The van der Waals surface area contributed by atoms with Gasteiger partial charge in [0.25, 0.3) is 0 Å². The lowest BCUT2D eigenvalue weighted by Crippen LogP contribution is -2.01. The van der Waals surface area contributed by atoms with E-state index in [2.05, 4.69) is 10.3 Å². The fourth-order valence-electron chi connectivity index (χ4n) is 2.03. The van der Waals surface area contributed by atoms with Crippen molar-refractivity contribution >= 4 is 28.4 Å². The fourth-order valence-corrected chi connectivity index (χ4v) is 2.23. The van der Waals surface area contributed by atoms with Gasteiger partial charge < -0.3 is 9.73 Å². The molecule has 0 aliphatic rings. The van der Waals surface area contributed by atoms with Gasteiger partial charge in [-0.3, -0.25) is 0 Å². The molecule has 0 aliphatic carbocycles. The van der Waals surface area contributed by atoms with Gasteiger partial charge in [-0.15, -0.1) is 0 Å². The zero-order chi connectivity index (χ0) is 14.1. The van der Waals surface area contributed by atoms with Crippen molar-refractivity contribution in [3.8, 4) is 0 Å². The monoisotopic (exact) mass is 290 g/mol. The Bertz CT molecular complexity index is 770. The second-order valence-corrected chi connectivity index (χ2v) is 4.89. The Morgan fingerprint density at radius 1 is 1.30 bits per heavy atom. The highest BCUT2D eigenvalue weighted by Gasteiger charge is 2.07. The molecule has 0 atom stereocenters. The summed E-state index contributed by atoms with van der Waals surface area (Å²) < 4.78 is 19.2. The quantitative estimate of drug-likeness (QED) is 0.769. The van der Waals surface area contributed by atoms with Crippen LogP contribution in [0.2, 0.25) is 5.02 Å². The number of nitrogens with zero attached hydrogens (tertiary/aromatic N) is 1. The molecular weight excluding hydrogens is 279 g/mol. The molecule has 1 aromatic heterocycles. The zero-order valence-electron chi connectivity index (χ0n) is 10.8. The minimum Gasteiger partial charge on any atom is -0.441 e. The minimum absolute atomic E-state index is 0.131. The highest BCUT2D eigenvalue weighted by molar-refractivity contribution is 6.30. The number of halogens is 2. The number of nitrogens with one attached hydrogen (secondary N) is 1. The van der Waals surface area contributed by atoms with Crippen molar-refractivity contribution in [1.29, 1.82) is 0 Å². The summed E-state index contributed by atoms with van der Waals surface area (Å²) in [6, 6.07) is 10.5. The molecule has 1 heterocycles. The van der Waals surface area contributed by atoms with Crippen LogP contribution in [-0.2, 0) is 6.54 Å². The van der Waals surface area contributed by atoms with Crippen molar-refractivity contribution in [2.24, 2.45) is 0 Å². The van der Waals surface area contributed by atoms with Crippen molar-refractivity contribution in [2.75, 3.05) is 5.32 Å². The third-order valence-electron chi connectivity index (χ3n) is 3.01. The van der Waals surface area contributed by atoms with E-state index in [0.717, 1.165) is 16.8 Å². The molecule has 5 heteroatoms. The SMILES string of the molecule is Cc1nc2cc(NCc3cccc(Cl)c3F)ccc2o1. The molecule has 0 unspecified atom stereocenters. The van der Waals surface area contributed by atoms with Crippen LogP contribution in [-0.4, -0.2) is 4.98 Å². The van der Waals surface area contributed by atoms with Gasteiger partial charge >= 0.3 is 0 Å². The van der Waals surface area contributed by atoms with E-state index < -0.39 is 0 Å². The first-order chi connectivity index (χ1) is 9.63. The first-order valence-corrected chi connectivity index (χ1v) is 6.55. The maximum atomic E-state index is 13.8. The number of hydrogen-bond donors (Lipinski definition) is 1. The summed E-state index contributed by atoms with van der Waals surface area (Å²) in [5.74, 6) is 0.234. The molecule has 3 nitrogen and oxygen atoms in total. The highest BCUT2D eigenvalue weighted by Crippen LogP contribution is 2.22. The first kappa shape index (κ1) is 12.9. The Labute approximate surface area is 120 Å². The molecule has 0 fully saturated rings. The van der Waals surface area contributed by atoms with Gasteiger partial charge in [0.05, 0.1) is 5.02 Å². The molecule has 3 aromatic rings. The smallest absolute Gasteiger partial charge is 0.192 e. The molecule has 0 saturated carbocycles. The number of rotatable bonds is 3. The van der Waals surface area contributed by atoms with Gasteiger partial charge in [-0.25, -0.2) is 9.37 Å². The summed E-state index contributed by atoms with van der Waals surface area (Å²) in [5.41, 5.74) is 2.89. The summed E-state index contributed by atoms with van der Waals surface area (Å²) >= 11 is 5.75. The molecule has 3 rings (SSSR count). The summed E-state index contributed by atoms with van der Waals surface area (Å²) in [5, 5.41) is 3.28. The summed E-state index contributed by atoms with van der Waals surface area (Å²) in [4.78, 5) is 4.26. The van der Waals surface area contributed by atoms with Gasteiger partial charge in [0.1, 0.15) is 11.3 Å². The molecule has 102 valence electrons. The average Bonchev–Trinajstić information content (AvgIpc) is 2.79. The number of anilines is 1. The maximum absolute atomic E-state index is 13.8.